The van der Waals surface area contributed by atoms with E-state index in [2.05, 4.69) is 9.97 Å². The Labute approximate surface area is 185 Å². The van der Waals surface area contributed by atoms with Gasteiger partial charge in [-0.2, -0.15) is 0 Å². The molecule has 0 radical (unpaired) electrons. The van der Waals surface area contributed by atoms with Gasteiger partial charge in [0.1, 0.15) is 0 Å². The standard InChI is InChI=1S/C21H19N3O5S2/c25-11(26)3-5-24-19(27)14-9-6-10(15(14)20(24)28)16-13(9)12(8-2-1-4-22-7-8)17-18(30-16)23-21(29)31-17/h1-2,4,7,9-10,12-16H,3,5-6H2,(H,23,29)(H,25,26)/t9-,10-,12+,13+,14-,15+,16-/m1/s1. The molecular weight excluding hydrogens is 438 g/mol. The number of likely N-dealkylation sites (tertiary alicyclic amines) is 1. The number of aliphatic carboxylic acids is 1. The second kappa shape index (κ2) is 6.77. The summed E-state index contributed by atoms with van der Waals surface area (Å²) in [5.74, 6) is -2.03. The maximum Gasteiger partial charge on any atom is 0.305 e. The third-order valence-corrected chi connectivity index (χ3v) is 10.00. The molecule has 0 aromatic carbocycles. The predicted molar refractivity (Wildman–Crippen MR) is 112 cm³/mol. The van der Waals surface area contributed by atoms with Crippen LogP contribution in [0.5, 0.6) is 0 Å². The van der Waals surface area contributed by atoms with E-state index in [9.17, 15) is 19.2 Å². The molecule has 3 fully saturated rings. The number of carboxylic acids is 1. The molecule has 1 saturated heterocycles. The van der Waals surface area contributed by atoms with Gasteiger partial charge < -0.3 is 10.1 Å². The molecule has 2 N–H and O–H groups in total. The Kier molecular flexibility index (Phi) is 4.20. The zero-order chi connectivity index (χ0) is 21.4. The largest absolute Gasteiger partial charge is 0.481 e. The van der Waals surface area contributed by atoms with E-state index < -0.39 is 5.97 Å². The Hall–Kier alpha value is -2.46. The number of aromatic nitrogens is 2. The average molecular weight is 458 g/mol. The van der Waals surface area contributed by atoms with Gasteiger partial charge in [-0.15, -0.1) is 11.8 Å². The summed E-state index contributed by atoms with van der Waals surface area (Å²) < 4.78 is 0. The zero-order valence-corrected chi connectivity index (χ0v) is 17.9. The van der Waals surface area contributed by atoms with Gasteiger partial charge in [-0.1, -0.05) is 17.4 Å². The number of carbonyl (C=O) groups is 3. The van der Waals surface area contributed by atoms with Crippen molar-refractivity contribution in [1.82, 2.24) is 14.9 Å². The van der Waals surface area contributed by atoms with Crippen LogP contribution in [0.15, 0.2) is 34.3 Å². The van der Waals surface area contributed by atoms with Gasteiger partial charge in [0.05, 0.1) is 23.3 Å². The number of nitrogens with zero attached hydrogens (tertiary/aromatic N) is 2. The first-order chi connectivity index (χ1) is 15.0. The van der Waals surface area contributed by atoms with Gasteiger partial charge in [0.25, 0.3) is 0 Å². The molecule has 2 aliphatic heterocycles. The minimum Gasteiger partial charge on any atom is -0.481 e. The number of rotatable bonds is 4. The quantitative estimate of drug-likeness (QED) is 0.672. The van der Waals surface area contributed by atoms with Crippen molar-refractivity contribution >= 4 is 40.9 Å². The molecule has 2 saturated carbocycles. The lowest BCUT2D eigenvalue weighted by molar-refractivity contribution is -0.142. The number of carbonyl (C=O) groups excluding carboxylic acids is 2. The molecule has 2 aromatic rings. The first-order valence-electron chi connectivity index (χ1n) is 10.3. The molecule has 6 rings (SSSR count). The number of hydrogen-bond donors (Lipinski definition) is 2. The summed E-state index contributed by atoms with van der Waals surface area (Å²) in [4.78, 5) is 58.8. The lowest BCUT2D eigenvalue weighted by Gasteiger charge is -2.42. The number of amides is 2. The summed E-state index contributed by atoms with van der Waals surface area (Å²) in [5.41, 5.74) is 1.03. The molecule has 160 valence electrons. The van der Waals surface area contributed by atoms with E-state index in [4.69, 9.17) is 5.11 Å². The van der Waals surface area contributed by atoms with Gasteiger partial charge >= 0.3 is 10.8 Å². The predicted octanol–water partition coefficient (Wildman–Crippen LogP) is 1.78. The molecule has 2 bridgehead atoms. The molecule has 10 heteroatoms. The first-order valence-corrected chi connectivity index (χ1v) is 12.0. The molecule has 2 aliphatic carbocycles. The number of carboxylic acid groups (broad SMARTS) is 1. The van der Waals surface area contributed by atoms with Crippen molar-refractivity contribution in [2.24, 2.45) is 29.6 Å². The highest BCUT2D eigenvalue weighted by atomic mass is 32.2. The molecule has 0 unspecified atom stereocenters. The minimum atomic E-state index is -1.02. The zero-order valence-electron chi connectivity index (χ0n) is 16.3. The summed E-state index contributed by atoms with van der Waals surface area (Å²) in [7, 11) is 0. The SMILES string of the molecule is O=C(O)CCN1C(=O)[C@@H]2[C@@H]3C[C@@H]([C@H]4Sc5[nH]c(=O)sc5[C@@H](c5cccnc5)[C@H]34)[C@@H]2C1=O. The smallest absolute Gasteiger partial charge is 0.305 e. The number of pyridine rings is 1. The molecule has 8 nitrogen and oxygen atoms in total. The minimum absolute atomic E-state index is 0.0363. The van der Waals surface area contributed by atoms with Crippen molar-refractivity contribution < 1.29 is 19.5 Å². The average Bonchev–Trinajstić information content (AvgIpc) is 3.46. The van der Waals surface area contributed by atoms with Crippen molar-refractivity contribution in [2.75, 3.05) is 6.54 Å². The summed E-state index contributed by atoms with van der Waals surface area (Å²) in [5, 5.41) is 10.0. The molecule has 0 spiro atoms. The Balaban J connectivity index is 1.41. The van der Waals surface area contributed by atoms with Crippen LogP contribution in [-0.4, -0.2) is 49.6 Å². The van der Waals surface area contributed by atoms with Crippen LogP contribution in [0, 0.1) is 29.6 Å². The summed E-state index contributed by atoms with van der Waals surface area (Å²) >= 11 is 2.86. The normalized spacial score (nSPS) is 35.2. The van der Waals surface area contributed by atoms with E-state index in [1.165, 1.54) is 16.2 Å². The van der Waals surface area contributed by atoms with Gasteiger partial charge in [0.2, 0.25) is 11.8 Å². The fraction of sp³-hybridized carbons (Fsp3) is 0.476. The van der Waals surface area contributed by atoms with Crippen LogP contribution in [0.1, 0.15) is 29.2 Å². The van der Waals surface area contributed by atoms with E-state index >= 15 is 0 Å². The molecule has 4 heterocycles. The maximum absolute atomic E-state index is 13.2. The van der Waals surface area contributed by atoms with Crippen LogP contribution in [0.3, 0.4) is 0 Å². The monoisotopic (exact) mass is 457 g/mol. The van der Waals surface area contributed by atoms with Gasteiger partial charge in [-0.25, -0.2) is 0 Å². The van der Waals surface area contributed by atoms with Gasteiger partial charge in [0, 0.05) is 35.0 Å². The fourth-order valence-corrected chi connectivity index (χ4v) is 9.33. The van der Waals surface area contributed by atoms with E-state index in [0.29, 0.717) is 0 Å². The molecule has 4 aliphatic rings. The van der Waals surface area contributed by atoms with Crippen LogP contribution in [0.2, 0.25) is 0 Å². The highest BCUT2D eigenvalue weighted by molar-refractivity contribution is 8.00. The highest BCUT2D eigenvalue weighted by Crippen LogP contribution is 2.68. The molecule has 2 aromatic heterocycles. The molecule has 7 atom stereocenters. The third-order valence-electron chi connectivity index (χ3n) is 7.41. The number of fused-ring (bicyclic) bond motifs is 9. The van der Waals surface area contributed by atoms with Gasteiger partial charge in [-0.3, -0.25) is 29.1 Å². The van der Waals surface area contributed by atoms with Crippen molar-refractivity contribution in [3.8, 4) is 0 Å². The number of imide groups is 1. The molecule has 2 amide bonds. The van der Waals surface area contributed by atoms with Crippen LogP contribution >= 0.6 is 23.1 Å². The Morgan fingerprint density at radius 2 is 2.00 bits per heavy atom. The third kappa shape index (κ3) is 2.64. The number of nitrogens with one attached hydrogen (secondary N) is 1. The summed E-state index contributed by atoms with van der Waals surface area (Å²) in [6.45, 7) is -0.0609. The lowest BCUT2D eigenvalue weighted by Crippen LogP contribution is -2.42. The van der Waals surface area contributed by atoms with E-state index in [1.54, 1.807) is 18.0 Å². The number of thiazole rings is 1. The Bertz CT molecular complexity index is 1160. The molecule has 31 heavy (non-hydrogen) atoms. The number of hydrogen-bond acceptors (Lipinski definition) is 7. The highest BCUT2D eigenvalue weighted by Gasteiger charge is 2.69. The van der Waals surface area contributed by atoms with E-state index in [1.807, 2.05) is 18.3 Å². The second-order valence-electron chi connectivity index (χ2n) is 8.72. The van der Waals surface area contributed by atoms with Crippen molar-refractivity contribution in [1.29, 1.82) is 0 Å². The summed E-state index contributed by atoms with van der Waals surface area (Å²) in [6, 6.07) is 3.90. The Morgan fingerprint density at radius 3 is 2.71 bits per heavy atom. The number of thioether (sulfide) groups is 1. The van der Waals surface area contributed by atoms with Gasteiger partial charge in [0.15, 0.2) is 0 Å². The van der Waals surface area contributed by atoms with E-state index in [-0.39, 0.29) is 70.4 Å². The molecular formula is C21H19N3O5S2. The van der Waals surface area contributed by atoms with Crippen molar-refractivity contribution in [3.05, 3.63) is 44.6 Å². The fourth-order valence-electron chi connectivity index (χ4n) is 6.44. The van der Waals surface area contributed by atoms with Crippen LogP contribution in [0.25, 0.3) is 0 Å². The topological polar surface area (TPSA) is 120 Å². The van der Waals surface area contributed by atoms with E-state index in [0.717, 1.165) is 21.9 Å². The van der Waals surface area contributed by atoms with Crippen LogP contribution < -0.4 is 4.87 Å². The maximum atomic E-state index is 13.2. The lowest BCUT2D eigenvalue weighted by atomic mass is 9.68. The van der Waals surface area contributed by atoms with Crippen LogP contribution in [0.4, 0.5) is 0 Å². The van der Waals surface area contributed by atoms with Crippen molar-refractivity contribution in [3.63, 3.8) is 0 Å². The van der Waals surface area contributed by atoms with Gasteiger partial charge in [-0.05, 0) is 35.8 Å². The summed E-state index contributed by atoms with van der Waals surface area (Å²) in [6.07, 6.45) is 4.13. The number of aromatic amines is 1. The van der Waals surface area contributed by atoms with Crippen LogP contribution in [-0.2, 0) is 14.4 Å². The Morgan fingerprint density at radius 1 is 1.23 bits per heavy atom. The number of H-pyrrole nitrogens is 1. The second-order valence-corrected chi connectivity index (χ2v) is 10.9. The van der Waals surface area contributed by atoms with Crippen molar-refractivity contribution in [2.45, 2.75) is 29.0 Å². The first kappa shape index (κ1) is 19.2.